The van der Waals surface area contributed by atoms with Crippen molar-refractivity contribution in [3.63, 3.8) is 0 Å². The first-order valence-corrected chi connectivity index (χ1v) is 10.0. The van der Waals surface area contributed by atoms with Gasteiger partial charge in [-0.3, -0.25) is 19.2 Å². The summed E-state index contributed by atoms with van der Waals surface area (Å²) in [6.45, 7) is 8.13. The quantitative estimate of drug-likeness (QED) is 0.446. The minimum atomic E-state index is -1.27. The number of hydrogen-bond donors (Lipinski definition) is 0. The van der Waals surface area contributed by atoms with Crippen LogP contribution < -0.4 is 4.74 Å². The Labute approximate surface area is 186 Å². The normalized spacial score (nSPS) is 24.8. The SMILES string of the molecule is CC(=O)OC[C@@H]1O[C@H](Oc2cccc(C)c2C)[C@@H](OC(C)=O)[C@H](OC(C)=O)[C@H]1OC(C)=O. The van der Waals surface area contributed by atoms with E-state index in [0.29, 0.717) is 5.75 Å². The standard InChI is InChI=1S/C22H28O10/c1-11-8-7-9-17(12(11)2)31-22-21(30-16(6)26)20(29-15(5)25)19(28-14(4)24)18(32-22)10-27-13(3)23/h7-9,18-22H,10H2,1-6H3/t18-,19-,20+,21-,22-/m0/s1. The molecule has 1 saturated heterocycles. The van der Waals surface area contributed by atoms with Gasteiger partial charge < -0.3 is 28.4 Å². The summed E-state index contributed by atoms with van der Waals surface area (Å²) in [7, 11) is 0. The highest BCUT2D eigenvalue weighted by Crippen LogP contribution is 2.32. The van der Waals surface area contributed by atoms with Crippen molar-refractivity contribution >= 4 is 23.9 Å². The molecule has 0 amide bonds. The van der Waals surface area contributed by atoms with E-state index < -0.39 is 54.6 Å². The Hall–Kier alpha value is -3.14. The summed E-state index contributed by atoms with van der Waals surface area (Å²) in [5.41, 5.74) is 1.77. The average Bonchev–Trinajstić information content (AvgIpc) is 2.67. The zero-order chi connectivity index (χ0) is 24.0. The predicted molar refractivity (Wildman–Crippen MR) is 109 cm³/mol. The molecule has 1 aliphatic heterocycles. The van der Waals surface area contributed by atoms with Gasteiger partial charge in [0.2, 0.25) is 12.4 Å². The molecule has 1 aromatic carbocycles. The van der Waals surface area contributed by atoms with Gasteiger partial charge in [0.25, 0.3) is 0 Å². The molecule has 10 heteroatoms. The second-order valence-electron chi connectivity index (χ2n) is 7.38. The fourth-order valence-corrected chi connectivity index (χ4v) is 3.26. The third-order valence-electron chi connectivity index (χ3n) is 4.75. The molecule has 0 unspecified atom stereocenters. The van der Waals surface area contributed by atoms with Crippen molar-refractivity contribution in [2.75, 3.05) is 6.61 Å². The Kier molecular flexibility index (Phi) is 8.59. The van der Waals surface area contributed by atoms with Crippen LogP contribution in [-0.2, 0) is 42.9 Å². The van der Waals surface area contributed by atoms with Crippen LogP contribution in [0.4, 0.5) is 0 Å². The molecule has 1 aliphatic rings. The van der Waals surface area contributed by atoms with Crippen LogP contribution in [-0.4, -0.2) is 61.2 Å². The Bertz CT molecular complexity index is 864. The first kappa shape index (κ1) is 25.1. The lowest BCUT2D eigenvalue weighted by atomic mass is 9.98. The van der Waals surface area contributed by atoms with Crippen LogP contribution in [0.5, 0.6) is 5.75 Å². The molecule has 0 aromatic heterocycles. The van der Waals surface area contributed by atoms with Crippen LogP contribution in [0.2, 0.25) is 0 Å². The van der Waals surface area contributed by atoms with E-state index in [-0.39, 0.29) is 6.61 Å². The maximum Gasteiger partial charge on any atom is 0.303 e. The van der Waals surface area contributed by atoms with Gasteiger partial charge in [-0.25, -0.2) is 0 Å². The third kappa shape index (κ3) is 6.68. The highest BCUT2D eigenvalue weighted by Gasteiger charge is 2.53. The summed E-state index contributed by atoms with van der Waals surface area (Å²) >= 11 is 0. The summed E-state index contributed by atoms with van der Waals surface area (Å²) in [5, 5.41) is 0. The summed E-state index contributed by atoms with van der Waals surface area (Å²) in [4.78, 5) is 46.8. The zero-order valence-electron chi connectivity index (χ0n) is 18.9. The highest BCUT2D eigenvalue weighted by atomic mass is 16.7. The number of carbonyl (C=O) groups excluding carboxylic acids is 4. The zero-order valence-corrected chi connectivity index (χ0v) is 18.9. The molecule has 5 atom stereocenters. The molecule has 0 radical (unpaired) electrons. The van der Waals surface area contributed by atoms with Crippen LogP contribution in [0.1, 0.15) is 38.8 Å². The molecule has 32 heavy (non-hydrogen) atoms. The number of carbonyl (C=O) groups is 4. The topological polar surface area (TPSA) is 124 Å². The van der Waals surface area contributed by atoms with Crippen LogP contribution in [0.25, 0.3) is 0 Å². The van der Waals surface area contributed by atoms with Crippen LogP contribution in [0, 0.1) is 13.8 Å². The molecule has 176 valence electrons. The van der Waals surface area contributed by atoms with Gasteiger partial charge in [-0.05, 0) is 31.0 Å². The lowest BCUT2D eigenvalue weighted by molar-refractivity contribution is -0.288. The maximum atomic E-state index is 11.8. The van der Waals surface area contributed by atoms with E-state index in [9.17, 15) is 19.2 Å². The van der Waals surface area contributed by atoms with Gasteiger partial charge in [0.05, 0.1) is 0 Å². The molecule has 0 aliphatic carbocycles. The van der Waals surface area contributed by atoms with Crippen LogP contribution in [0.3, 0.4) is 0 Å². The molecular weight excluding hydrogens is 424 g/mol. The minimum absolute atomic E-state index is 0.315. The smallest absolute Gasteiger partial charge is 0.303 e. The number of aryl methyl sites for hydroxylation is 1. The van der Waals surface area contributed by atoms with Crippen LogP contribution in [0.15, 0.2) is 18.2 Å². The van der Waals surface area contributed by atoms with Crippen molar-refractivity contribution in [3.05, 3.63) is 29.3 Å². The molecule has 0 bridgehead atoms. The van der Waals surface area contributed by atoms with Crippen molar-refractivity contribution in [2.45, 2.75) is 72.2 Å². The molecule has 2 rings (SSSR count). The summed E-state index contributed by atoms with van der Waals surface area (Å²) < 4.78 is 33.1. The Morgan fingerprint density at radius 3 is 1.94 bits per heavy atom. The van der Waals surface area contributed by atoms with Crippen molar-refractivity contribution in [3.8, 4) is 5.75 Å². The van der Waals surface area contributed by atoms with Gasteiger partial charge in [0.15, 0.2) is 12.2 Å². The molecule has 10 nitrogen and oxygen atoms in total. The number of hydrogen-bond acceptors (Lipinski definition) is 10. The highest BCUT2D eigenvalue weighted by molar-refractivity contribution is 5.68. The van der Waals surface area contributed by atoms with E-state index in [1.165, 1.54) is 13.8 Å². The number of ether oxygens (including phenoxy) is 6. The molecule has 1 fully saturated rings. The van der Waals surface area contributed by atoms with E-state index in [0.717, 1.165) is 25.0 Å². The largest absolute Gasteiger partial charge is 0.463 e. The summed E-state index contributed by atoms with van der Waals surface area (Å²) in [5.74, 6) is -2.23. The Balaban J connectivity index is 2.49. The van der Waals surface area contributed by atoms with Gasteiger partial charge in [-0.2, -0.15) is 0 Å². The van der Waals surface area contributed by atoms with Gasteiger partial charge in [0.1, 0.15) is 18.5 Å². The van der Waals surface area contributed by atoms with E-state index in [4.69, 9.17) is 28.4 Å². The molecule has 0 saturated carbocycles. The lowest BCUT2D eigenvalue weighted by Crippen LogP contribution is -2.63. The number of benzene rings is 1. The second-order valence-corrected chi connectivity index (χ2v) is 7.38. The molecular formula is C22H28O10. The molecule has 0 spiro atoms. The van der Waals surface area contributed by atoms with E-state index in [1.54, 1.807) is 12.1 Å². The summed E-state index contributed by atoms with van der Waals surface area (Å²) in [6.07, 6.45) is -6.08. The van der Waals surface area contributed by atoms with E-state index >= 15 is 0 Å². The molecule has 1 heterocycles. The lowest BCUT2D eigenvalue weighted by Gasteiger charge is -2.44. The second kappa shape index (κ2) is 10.9. The molecule has 1 aromatic rings. The first-order valence-electron chi connectivity index (χ1n) is 10.0. The Morgan fingerprint density at radius 1 is 0.812 bits per heavy atom. The monoisotopic (exact) mass is 452 g/mol. The van der Waals surface area contributed by atoms with Crippen molar-refractivity contribution in [1.29, 1.82) is 0 Å². The third-order valence-corrected chi connectivity index (χ3v) is 4.75. The van der Waals surface area contributed by atoms with Crippen LogP contribution >= 0.6 is 0 Å². The summed E-state index contributed by atoms with van der Waals surface area (Å²) in [6, 6.07) is 5.38. The van der Waals surface area contributed by atoms with Gasteiger partial charge in [-0.1, -0.05) is 12.1 Å². The van der Waals surface area contributed by atoms with Crippen molar-refractivity contribution in [1.82, 2.24) is 0 Å². The van der Waals surface area contributed by atoms with Gasteiger partial charge in [-0.15, -0.1) is 0 Å². The predicted octanol–water partition coefficient (Wildman–Crippen LogP) is 1.77. The molecule has 0 N–H and O–H groups in total. The first-order chi connectivity index (χ1) is 15.0. The Morgan fingerprint density at radius 2 is 1.38 bits per heavy atom. The van der Waals surface area contributed by atoms with Gasteiger partial charge >= 0.3 is 23.9 Å². The van der Waals surface area contributed by atoms with E-state index in [2.05, 4.69) is 0 Å². The fraction of sp³-hybridized carbons (Fsp3) is 0.545. The van der Waals surface area contributed by atoms with Crippen molar-refractivity contribution in [2.24, 2.45) is 0 Å². The fourth-order valence-electron chi connectivity index (χ4n) is 3.26. The van der Waals surface area contributed by atoms with E-state index in [1.807, 2.05) is 19.9 Å². The van der Waals surface area contributed by atoms with Crippen molar-refractivity contribution < 1.29 is 47.6 Å². The maximum absolute atomic E-state index is 11.8. The minimum Gasteiger partial charge on any atom is -0.463 e. The average molecular weight is 452 g/mol. The number of rotatable bonds is 7. The van der Waals surface area contributed by atoms with Gasteiger partial charge in [0, 0.05) is 27.7 Å². The number of esters is 4.